The van der Waals surface area contributed by atoms with Gasteiger partial charge in [0.05, 0.1) is 11.3 Å². The third kappa shape index (κ3) is 4.51. The largest absolute Gasteiger partial charge is 0.452 e. The molecule has 0 saturated carbocycles. The number of amides is 1. The molecule has 0 fully saturated rings. The van der Waals surface area contributed by atoms with E-state index >= 15 is 0 Å². The van der Waals surface area contributed by atoms with E-state index in [1.54, 1.807) is 48.5 Å². The van der Waals surface area contributed by atoms with Crippen molar-refractivity contribution in [2.75, 3.05) is 11.9 Å². The van der Waals surface area contributed by atoms with Crippen molar-refractivity contribution in [3.8, 4) is 0 Å². The normalized spacial score (nSPS) is 10.0. The maximum absolute atomic E-state index is 11.9. The molecule has 2 aromatic rings. The van der Waals surface area contributed by atoms with Gasteiger partial charge >= 0.3 is 5.97 Å². The Balaban J connectivity index is 1.94. The van der Waals surface area contributed by atoms with Crippen LogP contribution in [0.3, 0.4) is 0 Å². The summed E-state index contributed by atoms with van der Waals surface area (Å²) in [6, 6.07) is 13.5. The van der Waals surface area contributed by atoms with Gasteiger partial charge in [0.2, 0.25) is 0 Å². The van der Waals surface area contributed by atoms with E-state index in [0.717, 1.165) is 5.56 Å². The zero-order chi connectivity index (χ0) is 16.8. The summed E-state index contributed by atoms with van der Waals surface area (Å²) in [7, 11) is 0. The van der Waals surface area contributed by atoms with Gasteiger partial charge in [0.1, 0.15) is 0 Å². The summed E-state index contributed by atoms with van der Waals surface area (Å²) in [5, 5.41) is 2.57. The molecule has 0 aliphatic heterocycles. The number of esters is 1. The van der Waals surface area contributed by atoms with Crippen molar-refractivity contribution in [3.05, 3.63) is 65.2 Å². The number of hydrogen-bond donors (Lipinski definition) is 1. The van der Waals surface area contributed by atoms with Crippen LogP contribution in [0.25, 0.3) is 0 Å². The molecule has 0 spiro atoms. The topological polar surface area (TPSA) is 72.5 Å². The molecule has 0 unspecified atom stereocenters. The minimum absolute atomic E-state index is 0.155. The first-order valence-corrected chi connectivity index (χ1v) is 7.11. The third-order valence-corrected chi connectivity index (χ3v) is 3.20. The first kappa shape index (κ1) is 16.4. The van der Waals surface area contributed by atoms with Crippen molar-refractivity contribution in [1.82, 2.24) is 0 Å². The van der Waals surface area contributed by atoms with Crippen LogP contribution in [0.5, 0.6) is 0 Å². The average Bonchev–Trinajstić information content (AvgIpc) is 2.53. The molecule has 1 N–H and O–H groups in total. The molecule has 2 aromatic carbocycles. The van der Waals surface area contributed by atoms with E-state index in [9.17, 15) is 14.4 Å². The quantitative estimate of drug-likeness (QED) is 0.680. The van der Waals surface area contributed by atoms with Crippen molar-refractivity contribution in [3.63, 3.8) is 0 Å². The molecule has 23 heavy (non-hydrogen) atoms. The standard InChI is InChI=1S/C18H17NO4/c1-12-7-9-14(10-8-12)18(22)23-11-17(21)19-16-6-4-3-5-15(16)13(2)20/h3-10H,11H2,1-2H3,(H,19,21). The van der Waals surface area contributed by atoms with Crippen LogP contribution in [-0.4, -0.2) is 24.3 Å². The van der Waals surface area contributed by atoms with Crippen LogP contribution in [0.2, 0.25) is 0 Å². The van der Waals surface area contributed by atoms with Crippen molar-refractivity contribution >= 4 is 23.3 Å². The fourth-order valence-electron chi connectivity index (χ4n) is 1.99. The number of anilines is 1. The second-order valence-electron chi connectivity index (χ2n) is 5.09. The number of carbonyl (C=O) groups is 3. The van der Waals surface area contributed by atoms with Crippen LogP contribution >= 0.6 is 0 Å². The summed E-state index contributed by atoms with van der Waals surface area (Å²) in [5.41, 5.74) is 2.22. The second-order valence-corrected chi connectivity index (χ2v) is 5.09. The van der Waals surface area contributed by atoms with E-state index < -0.39 is 18.5 Å². The van der Waals surface area contributed by atoms with Crippen LogP contribution in [0.4, 0.5) is 5.69 Å². The molecule has 0 aliphatic rings. The van der Waals surface area contributed by atoms with Gasteiger partial charge in [-0.25, -0.2) is 4.79 Å². The van der Waals surface area contributed by atoms with Crippen LogP contribution < -0.4 is 5.32 Å². The summed E-state index contributed by atoms with van der Waals surface area (Å²) >= 11 is 0. The maximum atomic E-state index is 11.9. The number of Topliss-reactive ketones (excluding diaryl/α,β-unsaturated/α-hetero) is 1. The minimum atomic E-state index is -0.569. The SMILES string of the molecule is CC(=O)c1ccccc1NC(=O)COC(=O)c1ccc(C)cc1. The van der Waals surface area contributed by atoms with E-state index in [0.29, 0.717) is 16.8 Å². The predicted molar refractivity (Wildman–Crippen MR) is 86.5 cm³/mol. The maximum Gasteiger partial charge on any atom is 0.338 e. The number of aryl methyl sites for hydroxylation is 1. The van der Waals surface area contributed by atoms with Crippen molar-refractivity contribution in [2.24, 2.45) is 0 Å². The van der Waals surface area contributed by atoms with Gasteiger partial charge in [-0.2, -0.15) is 0 Å². The Morgan fingerprint density at radius 2 is 1.65 bits per heavy atom. The van der Waals surface area contributed by atoms with Gasteiger partial charge in [-0.1, -0.05) is 29.8 Å². The van der Waals surface area contributed by atoms with Gasteiger partial charge in [-0.05, 0) is 38.1 Å². The molecule has 0 atom stereocenters. The highest BCUT2D eigenvalue weighted by atomic mass is 16.5. The van der Waals surface area contributed by atoms with Crippen LogP contribution in [0, 0.1) is 6.92 Å². The molecule has 1 amide bonds. The minimum Gasteiger partial charge on any atom is -0.452 e. The summed E-state index contributed by atoms with van der Waals surface area (Å²) in [6.45, 7) is 2.91. The highest BCUT2D eigenvalue weighted by molar-refractivity contribution is 6.04. The van der Waals surface area contributed by atoms with Gasteiger partial charge in [-0.15, -0.1) is 0 Å². The highest BCUT2D eigenvalue weighted by Crippen LogP contribution is 2.15. The molecule has 0 radical (unpaired) electrons. The number of carbonyl (C=O) groups excluding carboxylic acids is 3. The number of benzene rings is 2. The molecule has 0 bridgehead atoms. The van der Waals surface area contributed by atoms with E-state index in [1.165, 1.54) is 6.92 Å². The van der Waals surface area contributed by atoms with E-state index in [-0.39, 0.29) is 5.78 Å². The lowest BCUT2D eigenvalue weighted by Gasteiger charge is -2.09. The highest BCUT2D eigenvalue weighted by Gasteiger charge is 2.12. The van der Waals surface area contributed by atoms with Gasteiger partial charge in [0, 0.05) is 5.56 Å². The fourth-order valence-corrected chi connectivity index (χ4v) is 1.99. The molecule has 2 rings (SSSR count). The molecular formula is C18H17NO4. The Morgan fingerprint density at radius 3 is 2.30 bits per heavy atom. The molecule has 0 heterocycles. The fraction of sp³-hybridized carbons (Fsp3) is 0.167. The van der Waals surface area contributed by atoms with Gasteiger partial charge in [-0.3, -0.25) is 9.59 Å². The van der Waals surface area contributed by atoms with Gasteiger partial charge < -0.3 is 10.1 Å². The number of para-hydroxylation sites is 1. The summed E-state index contributed by atoms with van der Waals surface area (Å²) in [5.74, 6) is -1.23. The third-order valence-electron chi connectivity index (χ3n) is 3.20. The van der Waals surface area contributed by atoms with Crippen LogP contribution in [0.15, 0.2) is 48.5 Å². The summed E-state index contributed by atoms with van der Waals surface area (Å²) in [4.78, 5) is 35.2. The van der Waals surface area contributed by atoms with Crippen LogP contribution in [-0.2, 0) is 9.53 Å². The summed E-state index contributed by atoms with van der Waals surface area (Å²) < 4.78 is 4.97. The lowest BCUT2D eigenvalue weighted by Crippen LogP contribution is -2.22. The van der Waals surface area contributed by atoms with Crippen molar-refractivity contribution in [1.29, 1.82) is 0 Å². The summed E-state index contributed by atoms with van der Waals surface area (Å²) in [6.07, 6.45) is 0. The van der Waals surface area contributed by atoms with Crippen molar-refractivity contribution < 1.29 is 19.1 Å². The first-order valence-electron chi connectivity index (χ1n) is 7.11. The Kier molecular flexibility index (Phi) is 5.25. The van der Waals surface area contributed by atoms with Gasteiger partial charge in [0.15, 0.2) is 12.4 Å². The molecule has 5 nitrogen and oxygen atoms in total. The van der Waals surface area contributed by atoms with E-state index in [4.69, 9.17) is 4.74 Å². The van der Waals surface area contributed by atoms with E-state index in [2.05, 4.69) is 5.32 Å². The Labute approximate surface area is 134 Å². The average molecular weight is 311 g/mol. The molecule has 0 aliphatic carbocycles. The lowest BCUT2D eigenvalue weighted by atomic mass is 10.1. The lowest BCUT2D eigenvalue weighted by molar-refractivity contribution is -0.119. The Bertz CT molecular complexity index is 735. The molecule has 0 aromatic heterocycles. The molecular weight excluding hydrogens is 294 g/mol. The van der Waals surface area contributed by atoms with E-state index in [1.807, 2.05) is 6.92 Å². The number of rotatable bonds is 5. The Hall–Kier alpha value is -2.95. The molecule has 118 valence electrons. The molecule has 5 heteroatoms. The monoisotopic (exact) mass is 311 g/mol. The van der Waals surface area contributed by atoms with Crippen molar-refractivity contribution in [2.45, 2.75) is 13.8 Å². The number of ether oxygens (including phenoxy) is 1. The number of nitrogens with one attached hydrogen (secondary N) is 1. The second kappa shape index (κ2) is 7.35. The zero-order valence-corrected chi connectivity index (χ0v) is 13.0. The number of hydrogen-bond acceptors (Lipinski definition) is 4. The van der Waals surface area contributed by atoms with Gasteiger partial charge in [0.25, 0.3) is 5.91 Å². The van der Waals surface area contributed by atoms with Crippen LogP contribution in [0.1, 0.15) is 33.2 Å². The number of ketones is 1. The molecule has 0 saturated heterocycles. The first-order chi connectivity index (χ1) is 11.0. The smallest absolute Gasteiger partial charge is 0.338 e. The predicted octanol–water partition coefficient (Wildman–Crippen LogP) is 2.99. The zero-order valence-electron chi connectivity index (χ0n) is 13.0. The Morgan fingerprint density at radius 1 is 1.00 bits per heavy atom.